The first kappa shape index (κ1) is 32.7. The summed E-state index contributed by atoms with van der Waals surface area (Å²) in [7, 11) is -4.11. The van der Waals surface area contributed by atoms with Crippen LogP contribution in [0.2, 0.25) is 0 Å². The summed E-state index contributed by atoms with van der Waals surface area (Å²) in [5.74, 6) is 0.914. The number of sulfonamides is 1. The number of hydrogen-bond donors (Lipinski definition) is 2. The second-order valence-electron chi connectivity index (χ2n) is 12.6. The van der Waals surface area contributed by atoms with Gasteiger partial charge in [0.25, 0.3) is 10.0 Å². The molecule has 0 aliphatic carbocycles. The van der Waals surface area contributed by atoms with Gasteiger partial charge in [0.1, 0.15) is 17.6 Å². The van der Waals surface area contributed by atoms with Gasteiger partial charge in [0, 0.05) is 55.1 Å². The second kappa shape index (κ2) is 13.6. The normalized spacial score (nSPS) is 15.7. The number of nitrogens with one attached hydrogen (secondary N) is 2. The Labute approximate surface area is 255 Å². The molecule has 232 valence electrons. The van der Waals surface area contributed by atoms with Crippen LogP contribution in [-0.4, -0.2) is 70.5 Å². The second-order valence-corrected chi connectivity index (χ2v) is 14.2. The van der Waals surface area contributed by atoms with Crippen molar-refractivity contribution < 1.29 is 22.3 Å². The number of morpholine rings is 1. The SMILES string of the molecule is C/C(=C(/C#N)S(=O)(=O)NC(C)(C)CCOC(C)(C)C)c1ccc(-c2ccc3cc(NCCN4CCOCC4)ccc3c2)o1. The molecular weight excluding hydrogens is 564 g/mol. The minimum Gasteiger partial charge on any atom is -0.456 e. The molecule has 1 aromatic heterocycles. The molecule has 0 atom stereocenters. The third kappa shape index (κ3) is 9.15. The highest BCUT2D eigenvalue weighted by Gasteiger charge is 2.30. The van der Waals surface area contributed by atoms with Crippen LogP contribution in [0.3, 0.4) is 0 Å². The fraction of sp³-hybridized carbons (Fsp3) is 0.485. The van der Waals surface area contributed by atoms with E-state index in [4.69, 9.17) is 13.9 Å². The Kier molecular flexibility index (Phi) is 10.4. The largest absolute Gasteiger partial charge is 0.456 e. The van der Waals surface area contributed by atoms with Crippen LogP contribution in [0.4, 0.5) is 5.69 Å². The van der Waals surface area contributed by atoms with Crippen LogP contribution in [-0.2, 0) is 19.5 Å². The first-order valence-electron chi connectivity index (χ1n) is 14.7. The highest BCUT2D eigenvalue weighted by molar-refractivity contribution is 7.94. The van der Waals surface area contributed by atoms with Crippen LogP contribution in [0.25, 0.3) is 27.7 Å². The highest BCUT2D eigenvalue weighted by Crippen LogP contribution is 2.31. The van der Waals surface area contributed by atoms with Crippen molar-refractivity contribution in [3.8, 4) is 17.4 Å². The van der Waals surface area contributed by atoms with Crippen LogP contribution >= 0.6 is 0 Å². The van der Waals surface area contributed by atoms with Crippen molar-refractivity contribution in [3.05, 3.63) is 59.2 Å². The van der Waals surface area contributed by atoms with Gasteiger partial charge in [0.15, 0.2) is 4.91 Å². The van der Waals surface area contributed by atoms with Crippen LogP contribution in [0.15, 0.2) is 57.9 Å². The number of furan rings is 1. The summed E-state index contributed by atoms with van der Waals surface area (Å²) < 4.78 is 46.5. The molecule has 10 heteroatoms. The zero-order valence-electron chi connectivity index (χ0n) is 26.1. The summed E-state index contributed by atoms with van der Waals surface area (Å²) in [6, 6.07) is 17.7. The zero-order chi connectivity index (χ0) is 31.3. The Morgan fingerprint density at radius 2 is 1.72 bits per heavy atom. The maximum absolute atomic E-state index is 13.3. The number of ether oxygens (including phenoxy) is 2. The van der Waals surface area contributed by atoms with Crippen molar-refractivity contribution in [2.45, 2.75) is 59.1 Å². The van der Waals surface area contributed by atoms with E-state index < -0.39 is 15.6 Å². The van der Waals surface area contributed by atoms with Crippen LogP contribution < -0.4 is 10.0 Å². The van der Waals surface area contributed by atoms with E-state index in [2.05, 4.69) is 33.1 Å². The summed E-state index contributed by atoms with van der Waals surface area (Å²) in [6.45, 7) is 16.7. The van der Waals surface area contributed by atoms with Gasteiger partial charge in [-0.2, -0.15) is 5.26 Å². The fourth-order valence-electron chi connectivity index (χ4n) is 4.92. The van der Waals surface area contributed by atoms with E-state index in [1.807, 2.05) is 45.0 Å². The highest BCUT2D eigenvalue weighted by atomic mass is 32.2. The molecule has 0 bridgehead atoms. The molecule has 0 spiro atoms. The first-order chi connectivity index (χ1) is 20.3. The Bertz CT molecular complexity index is 1590. The lowest BCUT2D eigenvalue weighted by Gasteiger charge is -2.28. The summed E-state index contributed by atoms with van der Waals surface area (Å²) >= 11 is 0. The molecule has 0 saturated carbocycles. The van der Waals surface area contributed by atoms with E-state index in [-0.39, 0.29) is 16.1 Å². The van der Waals surface area contributed by atoms with Gasteiger partial charge >= 0.3 is 0 Å². The molecule has 2 N–H and O–H groups in total. The molecule has 1 fully saturated rings. The van der Waals surface area contributed by atoms with Gasteiger partial charge in [-0.1, -0.05) is 18.2 Å². The standard InChI is InChI=1S/C33H44N4O5S/c1-24(31(23-34)43(38,39)36-33(5,6)13-18-41-32(2,3)4)29-11-12-30(42-29)27-8-7-26-22-28(10-9-25(26)21-27)35-14-15-37-16-19-40-20-17-37/h7-12,21-22,35-36H,13-20H2,1-6H3/b31-24+. The van der Waals surface area contributed by atoms with Gasteiger partial charge in [-0.05, 0) is 89.1 Å². The summed E-state index contributed by atoms with van der Waals surface area (Å²) in [4.78, 5) is 2.03. The summed E-state index contributed by atoms with van der Waals surface area (Å²) in [5.41, 5.74) is 1.03. The molecule has 0 radical (unpaired) electrons. The van der Waals surface area contributed by atoms with Crippen molar-refractivity contribution >= 4 is 32.1 Å². The number of benzene rings is 2. The van der Waals surface area contributed by atoms with Crippen LogP contribution in [0.1, 0.15) is 53.7 Å². The lowest BCUT2D eigenvalue weighted by atomic mass is 10.0. The number of fused-ring (bicyclic) bond motifs is 1. The molecule has 2 heterocycles. The van der Waals surface area contributed by atoms with E-state index in [0.29, 0.717) is 24.5 Å². The number of anilines is 1. The Morgan fingerprint density at radius 3 is 2.42 bits per heavy atom. The minimum absolute atomic E-state index is 0.247. The average molecular weight is 609 g/mol. The minimum atomic E-state index is -4.11. The summed E-state index contributed by atoms with van der Waals surface area (Å²) in [6.07, 6.45) is 0.445. The molecule has 2 aromatic carbocycles. The van der Waals surface area contributed by atoms with E-state index in [9.17, 15) is 13.7 Å². The molecule has 1 aliphatic heterocycles. The van der Waals surface area contributed by atoms with Crippen LogP contribution in [0.5, 0.6) is 0 Å². The predicted molar refractivity (Wildman–Crippen MR) is 172 cm³/mol. The molecule has 9 nitrogen and oxygen atoms in total. The predicted octanol–water partition coefficient (Wildman–Crippen LogP) is 6.00. The Balaban J connectivity index is 1.45. The molecule has 1 aliphatic rings. The molecular formula is C33H44N4O5S. The third-order valence-corrected chi connectivity index (χ3v) is 9.10. The summed E-state index contributed by atoms with van der Waals surface area (Å²) in [5, 5.41) is 15.5. The van der Waals surface area contributed by atoms with Crippen LogP contribution in [0, 0.1) is 11.3 Å². The third-order valence-electron chi connectivity index (χ3n) is 7.34. The van der Waals surface area contributed by atoms with Gasteiger partial charge in [-0.3, -0.25) is 4.90 Å². The maximum Gasteiger partial charge on any atom is 0.251 e. The Hall–Kier alpha value is -3.20. The Morgan fingerprint density at radius 1 is 1.02 bits per heavy atom. The number of nitriles is 1. The van der Waals surface area contributed by atoms with Gasteiger partial charge in [-0.25, -0.2) is 13.1 Å². The zero-order valence-corrected chi connectivity index (χ0v) is 26.9. The maximum atomic E-state index is 13.3. The lowest BCUT2D eigenvalue weighted by Crippen LogP contribution is -2.45. The molecule has 0 unspecified atom stereocenters. The number of hydrogen-bond acceptors (Lipinski definition) is 8. The van der Waals surface area contributed by atoms with E-state index >= 15 is 0 Å². The van der Waals surface area contributed by atoms with Crippen molar-refractivity contribution in [3.63, 3.8) is 0 Å². The smallest absolute Gasteiger partial charge is 0.251 e. The van der Waals surface area contributed by atoms with Crippen molar-refractivity contribution in [2.75, 3.05) is 51.3 Å². The van der Waals surface area contributed by atoms with Gasteiger partial charge in [0.05, 0.1) is 18.8 Å². The molecule has 1 saturated heterocycles. The topological polar surface area (TPSA) is 117 Å². The van der Waals surface area contributed by atoms with Crippen molar-refractivity contribution in [1.29, 1.82) is 5.26 Å². The van der Waals surface area contributed by atoms with Gasteiger partial charge in [-0.15, -0.1) is 0 Å². The molecule has 43 heavy (non-hydrogen) atoms. The van der Waals surface area contributed by atoms with E-state index in [1.165, 1.54) is 0 Å². The van der Waals surface area contributed by atoms with Gasteiger partial charge < -0.3 is 19.2 Å². The molecule has 0 amide bonds. The monoisotopic (exact) mass is 608 g/mol. The van der Waals surface area contributed by atoms with Gasteiger partial charge in [0.2, 0.25) is 0 Å². The fourth-order valence-corrected chi connectivity index (χ4v) is 6.48. The molecule has 4 rings (SSSR count). The quantitative estimate of drug-likeness (QED) is 0.241. The van der Waals surface area contributed by atoms with Crippen molar-refractivity contribution in [1.82, 2.24) is 9.62 Å². The van der Waals surface area contributed by atoms with E-state index in [0.717, 1.165) is 61.4 Å². The first-order valence-corrected chi connectivity index (χ1v) is 16.2. The number of allylic oxidation sites excluding steroid dienone is 2. The van der Waals surface area contributed by atoms with Crippen molar-refractivity contribution in [2.24, 2.45) is 0 Å². The lowest BCUT2D eigenvalue weighted by molar-refractivity contribution is -0.0102. The average Bonchev–Trinajstić information content (AvgIpc) is 3.42. The number of nitrogens with zero attached hydrogens (tertiary/aromatic N) is 2. The number of rotatable bonds is 12. The van der Waals surface area contributed by atoms with E-state index in [1.54, 1.807) is 32.9 Å². The molecule has 3 aromatic rings.